The highest BCUT2D eigenvalue weighted by Crippen LogP contribution is 2.29. The molecule has 18 nitrogen and oxygen atoms in total. The molecule has 74 heavy (non-hydrogen) atoms. The van der Waals surface area contributed by atoms with Crippen LogP contribution >= 0.6 is 11.3 Å². The normalized spacial score (nSPS) is 14.3. The Kier molecular flexibility index (Phi) is 19.8. The van der Waals surface area contributed by atoms with Crippen LogP contribution in [0.1, 0.15) is 105 Å². The predicted octanol–water partition coefficient (Wildman–Crippen LogP) is 7.62. The zero-order valence-corrected chi connectivity index (χ0v) is 44.1. The minimum Gasteiger partial charge on any atom is -0.494 e. The summed E-state index contributed by atoms with van der Waals surface area (Å²) < 4.78 is 19.4. The van der Waals surface area contributed by atoms with E-state index in [4.69, 9.17) is 14.2 Å². The lowest BCUT2D eigenvalue weighted by atomic mass is 9.85. The number of hydrogen-bond acceptors (Lipinski definition) is 14. The maximum atomic E-state index is 13.9. The SMILES string of the molecule is Cc1ncsc1-c1ccc(CNC(=O)[C@@H]2CCCN2C(=O)[C@@H](NC(=O)COCCCOCCCCCOc2cccc([C@@H](C)NC(=O)c3cccc(NCc4nnc(-c5ccncn5)n4C)c3)c2)C(C)(C)C)cc1. The number of likely N-dealkylation sites (tertiary alicyclic amines) is 1. The Morgan fingerprint density at radius 1 is 0.851 bits per heavy atom. The van der Waals surface area contributed by atoms with Crippen molar-refractivity contribution in [2.24, 2.45) is 12.5 Å². The molecule has 7 rings (SSSR count). The molecule has 4 amide bonds. The minimum atomic E-state index is -0.827. The molecule has 3 aromatic carbocycles. The van der Waals surface area contributed by atoms with Gasteiger partial charge in [0.15, 0.2) is 11.6 Å². The van der Waals surface area contributed by atoms with Gasteiger partial charge in [-0.3, -0.25) is 19.2 Å². The van der Waals surface area contributed by atoms with E-state index in [1.54, 1.807) is 34.6 Å². The monoisotopic (exact) mass is 1030 g/mol. The number of ether oxygens (including phenoxy) is 3. The molecule has 1 aliphatic heterocycles. The number of hydrogen-bond donors (Lipinski definition) is 4. The van der Waals surface area contributed by atoms with Gasteiger partial charge < -0.3 is 44.9 Å². The Morgan fingerprint density at radius 3 is 2.41 bits per heavy atom. The van der Waals surface area contributed by atoms with E-state index in [0.29, 0.717) is 88.2 Å². The molecule has 0 radical (unpaired) electrons. The van der Waals surface area contributed by atoms with Crippen molar-refractivity contribution in [3.63, 3.8) is 0 Å². The van der Waals surface area contributed by atoms with Gasteiger partial charge in [-0.15, -0.1) is 21.5 Å². The van der Waals surface area contributed by atoms with Crippen molar-refractivity contribution >= 4 is 40.7 Å². The highest BCUT2D eigenvalue weighted by Gasteiger charge is 2.42. The largest absolute Gasteiger partial charge is 0.494 e. The van der Waals surface area contributed by atoms with Gasteiger partial charge in [-0.05, 0) is 111 Å². The van der Waals surface area contributed by atoms with E-state index < -0.39 is 17.5 Å². The molecule has 19 heteroatoms. The van der Waals surface area contributed by atoms with Gasteiger partial charge in [0.25, 0.3) is 5.91 Å². The Balaban J connectivity index is 0.730. The second-order valence-electron chi connectivity index (χ2n) is 19.5. The summed E-state index contributed by atoms with van der Waals surface area (Å²) in [4.78, 5) is 69.0. The first kappa shape index (κ1) is 54.7. The first-order chi connectivity index (χ1) is 35.7. The topological polar surface area (TPSA) is 217 Å². The Labute approximate surface area is 437 Å². The number of unbranched alkanes of at least 4 members (excludes halogenated alkanes) is 2. The second-order valence-corrected chi connectivity index (χ2v) is 20.3. The van der Waals surface area contributed by atoms with Crippen LogP contribution in [-0.2, 0) is 44.0 Å². The summed E-state index contributed by atoms with van der Waals surface area (Å²) in [6, 6.07) is 23.2. The van der Waals surface area contributed by atoms with Gasteiger partial charge >= 0.3 is 0 Å². The molecule has 1 fully saturated rings. The quantitative estimate of drug-likeness (QED) is 0.0385. The lowest BCUT2D eigenvalue weighted by Crippen LogP contribution is -2.58. The van der Waals surface area contributed by atoms with Crippen molar-refractivity contribution in [1.29, 1.82) is 0 Å². The third-order valence-corrected chi connectivity index (χ3v) is 13.7. The van der Waals surface area contributed by atoms with Crippen LogP contribution < -0.4 is 26.0 Å². The van der Waals surface area contributed by atoms with Crippen LogP contribution in [0.25, 0.3) is 22.0 Å². The van der Waals surface area contributed by atoms with Crippen molar-refractivity contribution < 1.29 is 33.4 Å². The zero-order chi connectivity index (χ0) is 52.5. The molecule has 4 heterocycles. The van der Waals surface area contributed by atoms with Crippen molar-refractivity contribution in [3.8, 4) is 27.7 Å². The summed E-state index contributed by atoms with van der Waals surface area (Å²) in [6.07, 6.45) is 7.69. The average molecular weight is 1030 g/mol. The Hall–Kier alpha value is -7.09. The smallest absolute Gasteiger partial charge is 0.251 e. The maximum absolute atomic E-state index is 13.9. The highest BCUT2D eigenvalue weighted by molar-refractivity contribution is 7.13. The number of carbonyl (C=O) groups is 4. The molecule has 0 saturated carbocycles. The van der Waals surface area contributed by atoms with E-state index in [0.717, 1.165) is 58.0 Å². The molecule has 392 valence electrons. The number of aryl methyl sites for hydroxylation is 1. The Bertz CT molecular complexity index is 2780. The molecule has 0 unspecified atom stereocenters. The van der Waals surface area contributed by atoms with E-state index in [1.165, 1.54) is 6.33 Å². The summed E-state index contributed by atoms with van der Waals surface area (Å²) in [6.45, 7) is 12.6. The first-order valence-electron chi connectivity index (χ1n) is 25.3. The number of nitrogens with one attached hydrogen (secondary N) is 4. The molecular weight excluding hydrogens is 959 g/mol. The summed E-state index contributed by atoms with van der Waals surface area (Å²) in [5, 5.41) is 20.9. The van der Waals surface area contributed by atoms with Crippen LogP contribution in [0, 0.1) is 12.3 Å². The number of benzene rings is 3. The van der Waals surface area contributed by atoms with Crippen LogP contribution in [-0.4, -0.2) is 110 Å². The lowest BCUT2D eigenvalue weighted by Gasteiger charge is -2.35. The third kappa shape index (κ3) is 15.5. The van der Waals surface area contributed by atoms with Crippen LogP contribution in [0.15, 0.2) is 96.9 Å². The van der Waals surface area contributed by atoms with Gasteiger partial charge in [0, 0.05) is 57.4 Å². The standard InChI is InChI=1S/C55H69N11O7S/c1-37(61-52(68)42-15-10-16-43(30-42)57-33-47-63-64-51(65(47)6)45-23-24-56-35-59-45)41-14-11-17-44(31-41)73-29-9-7-8-26-71-27-13-28-72-34-48(67)62-50(55(3,4)5)54(70)66-25-12-18-46(66)53(69)58-32-39-19-21-40(22-20-39)49-38(2)60-36-74-49/h10-11,14-17,19-24,30-31,35-37,46,50,57H,7-9,12-13,18,25-29,32-34H2,1-6H3,(H,58,69)(H,61,68)(H,62,67)/t37-,46+,50-/m1/s1. The average Bonchev–Trinajstić information content (AvgIpc) is 4.17. The fourth-order valence-corrected chi connectivity index (χ4v) is 9.34. The van der Waals surface area contributed by atoms with Crippen molar-refractivity contribution in [1.82, 2.24) is 50.6 Å². The molecule has 3 aromatic heterocycles. The van der Waals surface area contributed by atoms with Crippen LogP contribution in [0.4, 0.5) is 5.69 Å². The van der Waals surface area contributed by atoms with Crippen molar-refractivity contribution in [3.05, 3.63) is 125 Å². The first-order valence-corrected chi connectivity index (χ1v) is 26.2. The number of thiazole rings is 1. The van der Waals surface area contributed by atoms with Gasteiger partial charge in [0.05, 0.1) is 35.3 Å². The van der Waals surface area contributed by atoms with E-state index >= 15 is 0 Å². The number of rotatable bonds is 26. The van der Waals surface area contributed by atoms with E-state index in [-0.39, 0.29) is 36.3 Å². The van der Waals surface area contributed by atoms with Gasteiger partial charge in [-0.2, -0.15) is 0 Å². The molecule has 6 aromatic rings. The molecule has 4 N–H and O–H groups in total. The number of carbonyl (C=O) groups excluding carboxylic acids is 4. The summed E-state index contributed by atoms with van der Waals surface area (Å²) in [5.41, 5.74) is 7.19. The third-order valence-electron chi connectivity index (χ3n) is 12.8. The zero-order valence-electron chi connectivity index (χ0n) is 43.3. The fourth-order valence-electron chi connectivity index (χ4n) is 8.53. The van der Waals surface area contributed by atoms with E-state index in [2.05, 4.69) is 46.4 Å². The molecule has 0 spiro atoms. The summed E-state index contributed by atoms with van der Waals surface area (Å²) in [7, 11) is 1.88. The highest BCUT2D eigenvalue weighted by atomic mass is 32.1. The molecule has 1 saturated heterocycles. The molecule has 1 aliphatic rings. The van der Waals surface area contributed by atoms with E-state index in [9.17, 15) is 19.2 Å². The van der Waals surface area contributed by atoms with E-state index in [1.807, 2.05) is 118 Å². The molecule has 0 aliphatic carbocycles. The summed E-state index contributed by atoms with van der Waals surface area (Å²) in [5.74, 6) is 1.05. The number of nitrogens with zero attached hydrogens (tertiary/aromatic N) is 7. The summed E-state index contributed by atoms with van der Waals surface area (Å²) >= 11 is 1.60. The number of amides is 4. The van der Waals surface area contributed by atoms with Crippen LogP contribution in [0.2, 0.25) is 0 Å². The van der Waals surface area contributed by atoms with Crippen LogP contribution in [0.3, 0.4) is 0 Å². The maximum Gasteiger partial charge on any atom is 0.251 e. The van der Waals surface area contributed by atoms with Gasteiger partial charge in [-0.25, -0.2) is 15.0 Å². The van der Waals surface area contributed by atoms with Gasteiger partial charge in [0.2, 0.25) is 17.7 Å². The van der Waals surface area contributed by atoms with Crippen molar-refractivity contribution in [2.45, 2.75) is 104 Å². The minimum absolute atomic E-state index is 0.185. The Morgan fingerprint density at radius 2 is 1.64 bits per heavy atom. The van der Waals surface area contributed by atoms with Gasteiger partial charge in [0.1, 0.15) is 36.5 Å². The fraction of sp³-hybridized carbons (Fsp3) is 0.436. The van der Waals surface area contributed by atoms with Crippen molar-refractivity contribution in [2.75, 3.05) is 44.9 Å². The molecule has 3 atom stereocenters. The second kappa shape index (κ2) is 26.7. The molecule has 0 bridgehead atoms. The molecular formula is C55H69N11O7S. The predicted molar refractivity (Wildman–Crippen MR) is 284 cm³/mol. The number of aromatic nitrogens is 6. The van der Waals surface area contributed by atoms with Gasteiger partial charge in [-0.1, -0.05) is 63.2 Å². The number of anilines is 1. The van der Waals surface area contributed by atoms with Crippen LogP contribution in [0.5, 0.6) is 5.75 Å². The lowest BCUT2D eigenvalue weighted by molar-refractivity contribution is -0.144.